The minimum absolute atomic E-state index is 0.0160. The van der Waals surface area contributed by atoms with E-state index >= 15 is 0 Å². The minimum Gasteiger partial charge on any atom is -0.392 e. The zero-order valence-corrected chi connectivity index (χ0v) is 12.5. The Morgan fingerprint density at radius 1 is 0.952 bits per heavy atom. The van der Waals surface area contributed by atoms with E-state index in [0.29, 0.717) is 17.8 Å². The summed E-state index contributed by atoms with van der Waals surface area (Å²) < 4.78 is 6.61. The summed E-state index contributed by atoms with van der Waals surface area (Å²) in [5.41, 5.74) is 1.47. The first-order valence-electron chi connectivity index (χ1n) is 8.72. The maximum Gasteiger partial charge on any atom is 0.106 e. The summed E-state index contributed by atoms with van der Waals surface area (Å²) in [6, 6.07) is 10.9. The molecular weight excluding hydrogens is 260 g/mol. The summed E-state index contributed by atoms with van der Waals surface area (Å²) in [6.45, 7) is 0. The lowest BCUT2D eigenvalue weighted by Crippen LogP contribution is -2.57. The van der Waals surface area contributed by atoms with Crippen LogP contribution >= 0.6 is 0 Å². The van der Waals surface area contributed by atoms with Crippen LogP contribution in [-0.2, 0) is 4.74 Å². The number of hydrogen-bond donors (Lipinski definition) is 1. The molecule has 5 rings (SSSR count). The van der Waals surface area contributed by atoms with E-state index in [1.165, 1.54) is 50.5 Å². The van der Waals surface area contributed by atoms with Gasteiger partial charge in [0.25, 0.3) is 0 Å². The molecule has 4 fully saturated rings. The van der Waals surface area contributed by atoms with Crippen molar-refractivity contribution in [3.05, 3.63) is 35.9 Å². The van der Waals surface area contributed by atoms with Crippen LogP contribution in [0.1, 0.15) is 56.4 Å². The maximum atomic E-state index is 11.0. The molecule has 0 radical (unpaired) electrons. The molecule has 2 bridgehead atoms. The number of ether oxygens (including phenoxy) is 1. The highest BCUT2D eigenvalue weighted by Gasteiger charge is 2.81. The molecule has 1 heterocycles. The number of fused-ring (bicyclic) bond motifs is 2. The highest BCUT2D eigenvalue weighted by molar-refractivity contribution is 5.38. The molecule has 3 aliphatic carbocycles. The van der Waals surface area contributed by atoms with E-state index in [1.807, 2.05) is 0 Å². The van der Waals surface area contributed by atoms with Crippen LogP contribution < -0.4 is 0 Å². The van der Waals surface area contributed by atoms with Gasteiger partial charge in [0.2, 0.25) is 0 Å². The van der Waals surface area contributed by atoms with Crippen LogP contribution in [0.3, 0.4) is 0 Å². The highest BCUT2D eigenvalue weighted by Crippen LogP contribution is 2.74. The largest absolute Gasteiger partial charge is 0.392 e. The Morgan fingerprint density at radius 3 is 2.52 bits per heavy atom. The highest BCUT2D eigenvalue weighted by atomic mass is 16.6. The third-order valence-electron chi connectivity index (χ3n) is 6.98. The molecule has 1 saturated heterocycles. The van der Waals surface area contributed by atoms with Gasteiger partial charge < -0.3 is 9.84 Å². The second-order valence-corrected chi connectivity index (χ2v) is 7.67. The van der Waals surface area contributed by atoms with Crippen LogP contribution in [0.2, 0.25) is 0 Å². The summed E-state index contributed by atoms with van der Waals surface area (Å²) >= 11 is 0. The lowest BCUT2D eigenvalue weighted by atomic mass is 9.51. The number of aliphatic hydroxyl groups is 1. The van der Waals surface area contributed by atoms with Gasteiger partial charge in [0.1, 0.15) is 11.2 Å². The van der Waals surface area contributed by atoms with Gasteiger partial charge in [0.05, 0.1) is 6.10 Å². The zero-order valence-electron chi connectivity index (χ0n) is 12.5. The molecule has 0 amide bonds. The summed E-state index contributed by atoms with van der Waals surface area (Å²) in [5.74, 6) is 1.21. The average molecular weight is 284 g/mol. The van der Waals surface area contributed by atoms with Crippen molar-refractivity contribution in [2.45, 2.75) is 68.2 Å². The van der Waals surface area contributed by atoms with Crippen molar-refractivity contribution in [3.8, 4) is 0 Å². The van der Waals surface area contributed by atoms with Crippen molar-refractivity contribution >= 4 is 0 Å². The van der Waals surface area contributed by atoms with E-state index in [4.69, 9.17) is 4.74 Å². The lowest BCUT2D eigenvalue weighted by molar-refractivity contribution is -0.0557. The molecule has 21 heavy (non-hydrogen) atoms. The van der Waals surface area contributed by atoms with Crippen molar-refractivity contribution in [1.82, 2.24) is 0 Å². The molecule has 0 spiro atoms. The molecule has 112 valence electrons. The van der Waals surface area contributed by atoms with Crippen molar-refractivity contribution in [3.63, 3.8) is 0 Å². The Balaban J connectivity index is 1.66. The number of hydrogen-bond acceptors (Lipinski definition) is 2. The Labute approximate surface area is 126 Å². The molecule has 2 heteroatoms. The van der Waals surface area contributed by atoms with Crippen LogP contribution in [-0.4, -0.2) is 22.4 Å². The second kappa shape index (κ2) is 4.11. The smallest absolute Gasteiger partial charge is 0.106 e. The van der Waals surface area contributed by atoms with E-state index in [1.54, 1.807) is 0 Å². The molecule has 3 saturated carbocycles. The summed E-state index contributed by atoms with van der Waals surface area (Å²) in [7, 11) is 0. The van der Waals surface area contributed by atoms with E-state index in [0.717, 1.165) is 0 Å². The quantitative estimate of drug-likeness (QED) is 0.799. The molecule has 4 aliphatic rings. The lowest BCUT2D eigenvalue weighted by Gasteiger charge is -2.51. The van der Waals surface area contributed by atoms with Crippen molar-refractivity contribution in [2.75, 3.05) is 0 Å². The Hall–Kier alpha value is -0.860. The van der Waals surface area contributed by atoms with E-state index < -0.39 is 0 Å². The van der Waals surface area contributed by atoms with Gasteiger partial charge in [-0.15, -0.1) is 0 Å². The Morgan fingerprint density at radius 2 is 1.71 bits per heavy atom. The molecule has 0 unspecified atom stereocenters. The van der Waals surface area contributed by atoms with Gasteiger partial charge in [-0.25, -0.2) is 0 Å². The third kappa shape index (κ3) is 1.41. The standard InChI is InChI=1S/C19H24O2/c20-17-14-9-6-10-15(17)18-11-4-5-12-19(18,21-18)16(14)13-7-2-1-3-8-13/h1-3,7-8,14-17,20H,4-6,9-12H2/t14-,15+,16+,17-,18+,19-/m1/s1. The summed E-state index contributed by atoms with van der Waals surface area (Å²) in [4.78, 5) is 0. The van der Waals surface area contributed by atoms with Gasteiger partial charge in [0.15, 0.2) is 0 Å². The first-order valence-corrected chi connectivity index (χ1v) is 8.72. The Bertz CT molecular complexity index is 556. The van der Waals surface area contributed by atoms with Gasteiger partial charge in [-0.1, -0.05) is 49.6 Å². The van der Waals surface area contributed by atoms with Gasteiger partial charge in [-0.3, -0.25) is 0 Å². The van der Waals surface area contributed by atoms with Gasteiger partial charge in [-0.05, 0) is 37.2 Å². The molecule has 2 nitrogen and oxygen atoms in total. The fourth-order valence-corrected chi connectivity index (χ4v) is 6.27. The van der Waals surface area contributed by atoms with Crippen LogP contribution in [0.4, 0.5) is 0 Å². The predicted molar refractivity (Wildman–Crippen MR) is 81.0 cm³/mol. The van der Waals surface area contributed by atoms with E-state index in [-0.39, 0.29) is 17.3 Å². The minimum atomic E-state index is -0.155. The van der Waals surface area contributed by atoms with Crippen LogP contribution in [0.15, 0.2) is 30.3 Å². The monoisotopic (exact) mass is 284 g/mol. The zero-order chi connectivity index (χ0) is 14.1. The molecule has 0 aromatic heterocycles. The second-order valence-electron chi connectivity index (χ2n) is 7.67. The SMILES string of the molecule is O[C@@H]1[C@@H]2CCC[C@@H]1[C@@]13CCCC[C@@]1(O3)[C@H]2c1ccccc1. The first-order chi connectivity index (χ1) is 10.3. The van der Waals surface area contributed by atoms with Crippen molar-refractivity contribution < 1.29 is 9.84 Å². The van der Waals surface area contributed by atoms with Gasteiger partial charge >= 0.3 is 0 Å². The van der Waals surface area contributed by atoms with E-state index in [9.17, 15) is 5.11 Å². The third-order valence-corrected chi connectivity index (χ3v) is 6.98. The fraction of sp³-hybridized carbons (Fsp3) is 0.684. The van der Waals surface area contributed by atoms with Crippen LogP contribution in [0.5, 0.6) is 0 Å². The van der Waals surface area contributed by atoms with Crippen LogP contribution in [0.25, 0.3) is 0 Å². The number of benzene rings is 1. The molecule has 1 aromatic rings. The fourth-order valence-electron chi connectivity index (χ4n) is 6.27. The van der Waals surface area contributed by atoms with Gasteiger partial charge in [-0.2, -0.15) is 0 Å². The van der Waals surface area contributed by atoms with Crippen molar-refractivity contribution in [1.29, 1.82) is 0 Å². The summed E-state index contributed by atoms with van der Waals surface area (Å²) in [5, 5.41) is 11.0. The topological polar surface area (TPSA) is 32.8 Å². The molecule has 1 aromatic carbocycles. The van der Waals surface area contributed by atoms with Crippen molar-refractivity contribution in [2.24, 2.45) is 11.8 Å². The first kappa shape index (κ1) is 12.7. The van der Waals surface area contributed by atoms with Crippen LogP contribution in [0, 0.1) is 11.8 Å². The molecule has 1 aliphatic heterocycles. The van der Waals surface area contributed by atoms with Gasteiger partial charge in [0, 0.05) is 11.8 Å². The Kier molecular flexibility index (Phi) is 2.48. The maximum absolute atomic E-state index is 11.0. The number of epoxide rings is 1. The molecule has 1 N–H and O–H groups in total. The predicted octanol–water partition coefficient (Wildman–Crippen LogP) is 3.64. The molecular formula is C19H24O2. The summed E-state index contributed by atoms with van der Waals surface area (Å²) in [6.07, 6.45) is 8.38. The van der Waals surface area contributed by atoms with E-state index in [2.05, 4.69) is 30.3 Å². The normalized spacial score (nSPS) is 50.9. The average Bonchev–Trinajstić information content (AvgIpc) is 3.20. The molecule has 6 atom stereocenters. The number of rotatable bonds is 1. The number of aliphatic hydroxyl groups excluding tert-OH is 1.